The van der Waals surface area contributed by atoms with Crippen LogP contribution in [0, 0.1) is 17.0 Å². The lowest BCUT2D eigenvalue weighted by Crippen LogP contribution is -2.20. The molecule has 0 aliphatic rings. The number of non-ortho nitro benzene ring substituents is 1. The fourth-order valence-electron chi connectivity index (χ4n) is 3.21. The number of nitrogens with one attached hydrogen (secondary N) is 1. The van der Waals surface area contributed by atoms with Gasteiger partial charge in [-0.3, -0.25) is 15.5 Å². The van der Waals surface area contributed by atoms with E-state index in [0.717, 1.165) is 25.4 Å². The van der Waals surface area contributed by atoms with Gasteiger partial charge in [-0.1, -0.05) is 40.2 Å². The second kappa shape index (κ2) is 10.1. The molecule has 0 saturated carbocycles. The zero-order valence-electron chi connectivity index (χ0n) is 17.7. The van der Waals surface area contributed by atoms with Gasteiger partial charge in [0.1, 0.15) is 11.4 Å². The van der Waals surface area contributed by atoms with E-state index in [2.05, 4.69) is 42.4 Å². The largest absolute Gasteiger partial charge is 0.507 e. The molecule has 1 heterocycles. The average Bonchev–Trinajstić information content (AvgIpc) is 2.80. The lowest BCUT2D eigenvalue weighted by molar-refractivity contribution is -0.384. The Kier molecular flexibility index (Phi) is 6.99. The number of nitro groups is 1. The first-order valence-electron chi connectivity index (χ1n) is 9.99. The second-order valence-electron chi connectivity index (χ2n) is 7.27. The summed E-state index contributed by atoms with van der Waals surface area (Å²) in [6.07, 6.45) is 1.29. The highest BCUT2D eigenvalue weighted by Gasteiger charge is 2.12. The zero-order valence-corrected chi connectivity index (χ0v) is 20.9. The van der Waals surface area contributed by atoms with Gasteiger partial charge in [0, 0.05) is 32.0 Å². The number of phenols is 1. The second-order valence-corrected chi connectivity index (χ2v) is 9.04. The summed E-state index contributed by atoms with van der Waals surface area (Å²) in [7, 11) is 0. The van der Waals surface area contributed by atoms with Gasteiger partial charge in [0.2, 0.25) is 0 Å². The van der Waals surface area contributed by atoms with Gasteiger partial charge in [0.05, 0.1) is 22.3 Å². The molecule has 8 nitrogen and oxygen atoms in total. The number of rotatable bonds is 5. The number of aromatic nitrogens is 1. The molecule has 4 rings (SSSR count). The summed E-state index contributed by atoms with van der Waals surface area (Å²) in [6.45, 7) is 1.93. The van der Waals surface area contributed by atoms with Crippen LogP contribution >= 0.6 is 31.9 Å². The van der Waals surface area contributed by atoms with Crippen LogP contribution in [0.5, 0.6) is 5.75 Å². The SMILES string of the molecule is Cc1cc(Br)cc(Br)c1N=C(NN=Cc1cc([N+](=O)[O-])ccc1O)c1ccc2ccccc2n1. The van der Waals surface area contributed by atoms with Crippen molar-refractivity contribution in [1.82, 2.24) is 10.4 Å². The van der Waals surface area contributed by atoms with Crippen LogP contribution in [0.1, 0.15) is 16.8 Å². The fourth-order valence-corrected chi connectivity index (χ4v) is 4.73. The van der Waals surface area contributed by atoms with Gasteiger partial charge in [-0.15, -0.1) is 0 Å². The molecule has 10 heteroatoms. The number of aryl methyl sites for hydroxylation is 1. The topological polar surface area (TPSA) is 113 Å². The number of amidine groups is 1. The van der Waals surface area contributed by atoms with Crippen LogP contribution in [0.3, 0.4) is 0 Å². The number of halogens is 2. The van der Waals surface area contributed by atoms with Gasteiger partial charge in [0.15, 0.2) is 5.84 Å². The van der Waals surface area contributed by atoms with Crippen molar-refractivity contribution in [3.63, 3.8) is 0 Å². The Hall–Kier alpha value is -3.63. The number of phenolic OH excluding ortho intramolecular Hbond substituents is 1. The highest BCUT2D eigenvalue weighted by atomic mass is 79.9. The van der Waals surface area contributed by atoms with E-state index in [9.17, 15) is 15.2 Å². The van der Waals surface area contributed by atoms with Crippen LogP contribution < -0.4 is 5.43 Å². The Morgan fingerprint density at radius 1 is 1.12 bits per heavy atom. The average molecular weight is 583 g/mol. The molecule has 2 N–H and O–H groups in total. The van der Waals surface area contributed by atoms with Crippen molar-refractivity contribution in [3.8, 4) is 5.75 Å². The first-order chi connectivity index (χ1) is 16.3. The molecule has 0 amide bonds. The Balaban J connectivity index is 1.76. The Labute approximate surface area is 211 Å². The first kappa shape index (κ1) is 23.5. The smallest absolute Gasteiger partial charge is 0.270 e. The Morgan fingerprint density at radius 3 is 2.68 bits per heavy atom. The van der Waals surface area contributed by atoms with E-state index in [0.29, 0.717) is 17.2 Å². The molecule has 0 saturated heterocycles. The number of pyridine rings is 1. The van der Waals surface area contributed by atoms with Gasteiger partial charge < -0.3 is 5.11 Å². The molecule has 0 spiro atoms. The Morgan fingerprint density at radius 2 is 1.91 bits per heavy atom. The van der Waals surface area contributed by atoms with Gasteiger partial charge in [-0.25, -0.2) is 9.98 Å². The van der Waals surface area contributed by atoms with E-state index in [-0.39, 0.29) is 17.0 Å². The van der Waals surface area contributed by atoms with Crippen LogP contribution in [0.2, 0.25) is 0 Å². The maximum Gasteiger partial charge on any atom is 0.270 e. The lowest BCUT2D eigenvalue weighted by Gasteiger charge is -2.10. The molecular formula is C24H17Br2N5O3. The molecule has 0 bridgehead atoms. The molecule has 1 aromatic heterocycles. The van der Waals surface area contributed by atoms with Crippen LogP contribution in [0.15, 0.2) is 85.8 Å². The zero-order chi connectivity index (χ0) is 24.2. The predicted octanol–water partition coefficient (Wildman–Crippen LogP) is 6.38. The summed E-state index contributed by atoms with van der Waals surface area (Å²) in [4.78, 5) is 20.0. The normalized spacial score (nSPS) is 11.8. The molecule has 0 aliphatic carbocycles. The van der Waals surface area contributed by atoms with Gasteiger partial charge >= 0.3 is 0 Å². The van der Waals surface area contributed by atoms with Crippen molar-refractivity contribution in [2.24, 2.45) is 10.1 Å². The summed E-state index contributed by atoms with van der Waals surface area (Å²) in [5.41, 5.74) is 5.87. The summed E-state index contributed by atoms with van der Waals surface area (Å²) >= 11 is 7.03. The third-order valence-corrected chi connectivity index (χ3v) is 5.94. The van der Waals surface area contributed by atoms with Crippen molar-refractivity contribution in [1.29, 1.82) is 0 Å². The molecule has 4 aromatic rings. The number of nitro benzene ring substituents is 1. The quantitative estimate of drug-likeness (QED) is 0.123. The molecule has 34 heavy (non-hydrogen) atoms. The van der Waals surface area contributed by atoms with Gasteiger partial charge in [-0.2, -0.15) is 5.10 Å². The van der Waals surface area contributed by atoms with Crippen LogP contribution in [0.25, 0.3) is 10.9 Å². The number of para-hydroxylation sites is 1. The van der Waals surface area contributed by atoms with E-state index in [1.807, 2.05) is 55.5 Å². The maximum atomic E-state index is 11.1. The van der Waals surface area contributed by atoms with Crippen molar-refractivity contribution < 1.29 is 10.0 Å². The number of hydrogen-bond donors (Lipinski definition) is 2. The maximum absolute atomic E-state index is 11.1. The molecule has 3 aromatic carbocycles. The van der Waals surface area contributed by atoms with Crippen molar-refractivity contribution in [2.45, 2.75) is 6.92 Å². The summed E-state index contributed by atoms with van der Waals surface area (Å²) < 4.78 is 1.69. The molecule has 0 atom stereocenters. The van der Waals surface area contributed by atoms with Crippen LogP contribution in [-0.4, -0.2) is 27.1 Å². The first-order valence-corrected chi connectivity index (χ1v) is 11.6. The number of aliphatic imine (C=N–C) groups is 1. The van der Waals surface area contributed by atoms with Gasteiger partial charge in [-0.05, 0) is 58.7 Å². The fraction of sp³-hybridized carbons (Fsp3) is 0.0417. The van der Waals surface area contributed by atoms with Crippen molar-refractivity contribution >= 4 is 66.2 Å². The Bertz CT molecular complexity index is 1450. The van der Waals surface area contributed by atoms with E-state index < -0.39 is 4.92 Å². The number of fused-ring (bicyclic) bond motifs is 1. The molecule has 0 radical (unpaired) electrons. The minimum absolute atomic E-state index is 0.134. The van der Waals surface area contributed by atoms with Crippen molar-refractivity contribution in [3.05, 3.63) is 103 Å². The minimum Gasteiger partial charge on any atom is -0.507 e. The minimum atomic E-state index is -0.538. The third kappa shape index (κ3) is 5.29. The van der Waals surface area contributed by atoms with Gasteiger partial charge in [0.25, 0.3) is 5.69 Å². The lowest BCUT2D eigenvalue weighted by atomic mass is 10.2. The van der Waals surface area contributed by atoms with E-state index in [4.69, 9.17) is 9.98 Å². The predicted molar refractivity (Wildman–Crippen MR) is 140 cm³/mol. The van der Waals surface area contributed by atoms with E-state index in [1.54, 1.807) is 0 Å². The summed E-state index contributed by atoms with van der Waals surface area (Å²) in [5.74, 6) is 0.225. The van der Waals surface area contributed by atoms with E-state index in [1.165, 1.54) is 24.4 Å². The van der Waals surface area contributed by atoms with Crippen LogP contribution in [-0.2, 0) is 0 Å². The number of nitrogens with zero attached hydrogens (tertiary/aromatic N) is 4. The number of aromatic hydroxyl groups is 1. The van der Waals surface area contributed by atoms with Crippen molar-refractivity contribution in [2.75, 3.05) is 0 Å². The molecule has 0 unspecified atom stereocenters. The standard InChI is InChI=1S/C24H17Br2N5O3/c1-14-10-17(25)12-19(26)23(14)29-24(21-8-6-15-4-2-3-5-20(15)28-21)30-27-13-16-11-18(31(33)34)7-9-22(16)32/h2-13,32H,1H3,(H,29,30). The molecule has 0 aliphatic heterocycles. The highest BCUT2D eigenvalue weighted by Crippen LogP contribution is 2.33. The molecule has 170 valence electrons. The monoisotopic (exact) mass is 581 g/mol. The molecular weight excluding hydrogens is 566 g/mol. The summed E-state index contributed by atoms with van der Waals surface area (Å²) in [6, 6.07) is 19.0. The van der Waals surface area contributed by atoms with E-state index >= 15 is 0 Å². The molecule has 0 fully saturated rings. The third-order valence-electron chi connectivity index (χ3n) is 4.88. The summed E-state index contributed by atoms with van der Waals surface area (Å²) in [5, 5.41) is 26.3. The number of hydrogen-bond acceptors (Lipinski definition) is 6. The van der Waals surface area contributed by atoms with Crippen LogP contribution in [0.4, 0.5) is 11.4 Å². The highest BCUT2D eigenvalue weighted by molar-refractivity contribution is 9.11. The number of hydrazone groups is 1. The number of benzene rings is 3.